The normalized spacial score (nSPS) is 11.0. The Labute approximate surface area is 166 Å². The number of nitrogens with zero attached hydrogens (tertiary/aromatic N) is 1. The smallest absolute Gasteiger partial charge is 0.241 e. The van der Waals surface area contributed by atoms with Crippen LogP contribution in [-0.2, 0) is 21.4 Å². The fraction of sp³-hybridized carbons (Fsp3) is 0.350. The molecule has 0 heterocycles. The zero-order valence-electron chi connectivity index (χ0n) is 16.3. The van der Waals surface area contributed by atoms with Gasteiger partial charge in [-0.2, -0.15) is 0 Å². The Hall–Kier alpha value is -2.74. The number of amides is 1. The number of hydrogen-bond acceptors (Lipinski definition) is 5. The highest BCUT2D eigenvalue weighted by molar-refractivity contribution is 7.92. The average Bonchev–Trinajstić information content (AvgIpc) is 2.66. The zero-order valence-corrected chi connectivity index (χ0v) is 17.2. The molecule has 0 bridgehead atoms. The first-order valence-corrected chi connectivity index (χ1v) is 10.9. The van der Waals surface area contributed by atoms with Gasteiger partial charge in [0.25, 0.3) is 0 Å². The van der Waals surface area contributed by atoms with Crippen molar-refractivity contribution in [2.75, 3.05) is 30.3 Å². The minimum atomic E-state index is -3.62. The molecule has 0 radical (unpaired) electrons. The molecule has 0 spiro atoms. The van der Waals surface area contributed by atoms with Crippen molar-refractivity contribution in [1.82, 2.24) is 5.32 Å². The van der Waals surface area contributed by atoms with E-state index in [-0.39, 0.29) is 6.54 Å². The summed E-state index contributed by atoms with van der Waals surface area (Å²) in [5.74, 6) is 1.00. The summed E-state index contributed by atoms with van der Waals surface area (Å²) in [6, 6.07) is 13.9. The predicted molar refractivity (Wildman–Crippen MR) is 109 cm³/mol. The molecule has 1 N–H and O–H groups in total. The van der Waals surface area contributed by atoms with Crippen LogP contribution in [0.2, 0.25) is 0 Å². The van der Waals surface area contributed by atoms with Gasteiger partial charge >= 0.3 is 0 Å². The van der Waals surface area contributed by atoms with Gasteiger partial charge in [0.1, 0.15) is 18.0 Å². The Morgan fingerprint density at radius 3 is 1.89 bits per heavy atom. The minimum Gasteiger partial charge on any atom is -0.494 e. The van der Waals surface area contributed by atoms with Crippen LogP contribution < -0.4 is 19.1 Å². The molecule has 0 unspecified atom stereocenters. The van der Waals surface area contributed by atoms with Crippen LogP contribution in [0.3, 0.4) is 0 Å². The van der Waals surface area contributed by atoms with Gasteiger partial charge in [0.05, 0.1) is 25.2 Å². The molecule has 0 saturated carbocycles. The van der Waals surface area contributed by atoms with Crippen molar-refractivity contribution in [1.29, 1.82) is 0 Å². The minimum absolute atomic E-state index is 0.298. The van der Waals surface area contributed by atoms with E-state index in [0.29, 0.717) is 31.2 Å². The van der Waals surface area contributed by atoms with Crippen molar-refractivity contribution < 1.29 is 22.7 Å². The molecule has 0 aliphatic carbocycles. The van der Waals surface area contributed by atoms with E-state index in [1.807, 2.05) is 38.1 Å². The van der Waals surface area contributed by atoms with Crippen molar-refractivity contribution >= 4 is 21.6 Å². The van der Waals surface area contributed by atoms with Crippen LogP contribution in [0.15, 0.2) is 48.5 Å². The third kappa shape index (κ3) is 6.45. The van der Waals surface area contributed by atoms with Crippen LogP contribution in [0, 0.1) is 0 Å². The molecular formula is C20H26N2O5S. The molecular weight excluding hydrogens is 380 g/mol. The number of carbonyl (C=O) groups is 1. The maximum absolute atomic E-state index is 12.3. The summed E-state index contributed by atoms with van der Waals surface area (Å²) in [4.78, 5) is 12.3. The fourth-order valence-electron chi connectivity index (χ4n) is 2.53. The van der Waals surface area contributed by atoms with Crippen molar-refractivity contribution in [2.24, 2.45) is 0 Å². The Morgan fingerprint density at radius 1 is 0.929 bits per heavy atom. The number of benzene rings is 2. The number of hydrogen-bond donors (Lipinski definition) is 1. The number of sulfonamides is 1. The highest BCUT2D eigenvalue weighted by Gasteiger charge is 2.20. The van der Waals surface area contributed by atoms with Crippen LogP contribution in [0.25, 0.3) is 0 Å². The fourth-order valence-corrected chi connectivity index (χ4v) is 3.39. The largest absolute Gasteiger partial charge is 0.494 e. The van der Waals surface area contributed by atoms with Gasteiger partial charge in [-0.3, -0.25) is 9.10 Å². The van der Waals surface area contributed by atoms with E-state index in [1.165, 1.54) is 0 Å². The van der Waals surface area contributed by atoms with Gasteiger partial charge in [0.15, 0.2) is 0 Å². The quantitative estimate of drug-likeness (QED) is 0.656. The lowest BCUT2D eigenvalue weighted by Crippen LogP contribution is -2.40. The van der Waals surface area contributed by atoms with E-state index in [2.05, 4.69) is 5.32 Å². The number of nitrogens with one attached hydrogen (secondary N) is 1. The molecule has 152 valence electrons. The molecule has 28 heavy (non-hydrogen) atoms. The molecule has 0 aliphatic heterocycles. The van der Waals surface area contributed by atoms with E-state index in [4.69, 9.17) is 9.47 Å². The monoisotopic (exact) mass is 406 g/mol. The second-order valence-corrected chi connectivity index (χ2v) is 7.96. The standard InChI is InChI=1S/C20H26N2O5S/c1-4-26-18-10-6-16(7-11-18)14-21-20(23)15-22(28(3,24)25)17-8-12-19(13-9-17)27-5-2/h6-13H,4-5,14-15H2,1-3H3,(H,21,23). The lowest BCUT2D eigenvalue weighted by atomic mass is 10.2. The highest BCUT2D eigenvalue weighted by atomic mass is 32.2. The predicted octanol–water partition coefficient (Wildman–Crippen LogP) is 2.57. The third-order valence-electron chi connectivity index (χ3n) is 3.85. The summed E-state index contributed by atoms with van der Waals surface area (Å²) in [5.41, 5.74) is 1.30. The second kappa shape index (κ2) is 9.98. The number of rotatable bonds is 10. The van der Waals surface area contributed by atoms with E-state index >= 15 is 0 Å². The summed E-state index contributed by atoms with van der Waals surface area (Å²) < 4.78 is 36.1. The molecule has 0 saturated heterocycles. The van der Waals surface area contributed by atoms with Crippen molar-refractivity contribution in [3.05, 3.63) is 54.1 Å². The maximum Gasteiger partial charge on any atom is 0.241 e. The van der Waals surface area contributed by atoms with Gasteiger partial charge in [-0.05, 0) is 55.8 Å². The van der Waals surface area contributed by atoms with Crippen molar-refractivity contribution in [2.45, 2.75) is 20.4 Å². The van der Waals surface area contributed by atoms with E-state index in [9.17, 15) is 13.2 Å². The van der Waals surface area contributed by atoms with E-state index < -0.39 is 15.9 Å². The molecule has 0 atom stereocenters. The summed E-state index contributed by atoms with van der Waals surface area (Å²) in [6.07, 6.45) is 1.07. The van der Waals surface area contributed by atoms with Gasteiger partial charge in [0.2, 0.25) is 15.9 Å². The van der Waals surface area contributed by atoms with Crippen LogP contribution in [0.1, 0.15) is 19.4 Å². The molecule has 7 nitrogen and oxygen atoms in total. The average molecular weight is 407 g/mol. The van der Waals surface area contributed by atoms with E-state index in [0.717, 1.165) is 21.9 Å². The third-order valence-corrected chi connectivity index (χ3v) is 4.99. The first-order valence-electron chi connectivity index (χ1n) is 9.02. The molecule has 2 aromatic rings. The molecule has 0 fully saturated rings. The summed E-state index contributed by atoms with van der Waals surface area (Å²) in [6.45, 7) is 4.87. The SMILES string of the molecule is CCOc1ccc(CNC(=O)CN(c2ccc(OCC)cc2)S(C)(=O)=O)cc1. The van der Waals surface area contributed by atoms with Gasteiger partial charge in [-0.15, -0.1) is 0 Å². The first kappa shape index (κ1) is 21.6. The Bertz CT molecular complexity index is 864. The van der Waals surface area contributed by atoms with Crippen LogP contribution >= 0.6 is 0 Å². The molecule has 0 aromatic heterocycles. The Balaban J connectivity index is 2.00. The summed E-state index contributed by atoms with van der Waals surface area (Å²) >= 11 is 0. The van der Waals surface area contributed by atoms with Crippen molar-refractivity contribution in [3.8, 4) is 11.5 Å². The topological polar surface area (TPSA) is 84.9 Å². The van der Waals surface area contributed by atoms with Gasteiger partial charge < -0.3 is 14.8 Å². The molecule has 2 rings (SSSR count). The Kier molecular flexibility index (Phi) is 7.69. The van der Waals surface area contributed by atoms with E-state index in [1.54, 1.807) is 24.3 Å². The first-order chi connectivity index (χ1) is 13.3. The molecule has 0 aliphatic rings. The highest BCUT2D eigenvalue weighted by Crippen LogP contribution is 2.21. The summed E-state index contributed by atoms with van der Waals surface area (Å²) in [7, 11) is -3.62. The van der Waals surface area contributed by atoms with Gasteiger partial charge in [0, 0.05) is 6.54 Å². The molecule has 1 amide bonds. The van der Waals surface area contributed by atoms with Crippen LogP contribution in [0.5, 0.6) is 11.5 Å². The number of ether oxygens (including phenoxy) is 2. The lowest BCUT2D eigenvalue weighted by molar-refractivity contribution is -0.119. The number of anilines is 1. The zero-order chi connectivity index (χ0) is 20.6. The van der Waals surface area contributed by atoms with Gasteiger partial charge in [-0.25, -0.2) is 8.42 Å². The second-order valence-electron chi connectivity index (χ2n) is 6.05. The van der Waals surface area contributed by atoms with Crippen LogP contribution in [-0.4, -0.2) is 40.3 Å². The molecule has 8 heteroatoms. The van der Waals surface area contributed by atoms with Crippen molar-refractivity contribution in [3.63, 3.8) is 0 Å². The van der Waals surface area contributed by atoms with Crippen LogP contribution in [0.4, 0.5) is 5.69 Å². The Morgan fingerprint density at radius 2 is 1.43 bits per heavy atom. The number of carbonyl (C=O) groups excluding carboxylic acids is 1. The van der Waals surface area contributed by atoms with Gasteiger partial charge in [-0.1, -0.05) is 12.1 Å². The maximum atomic E-state index is 12.3. The lowest BCUT2D eigenvalue weighted by Gasteiger charge is -2.22. The molecule has 2 aromatic carbocycles. The summed E-state index contributed by atoms with van der Waals surface area (Å²) in [5, 5.41) is 2.74.